The number of fused-ring (bicyclic) bond motifs is 1. The van der Waals surface area contributed by atoms with Gasteiger partial charge in [0.2, 0.25) is 0 Å². The standard InChI is InChI=1S/C13H15NO2/c1-7-4-5-8(2)12-10(7)6-11(9(3)15)13(16)14-12/h4-6,9,15H,1-3H3,(H,14,16). The number of pyridine rings is 1. The van der Waals surface area contributed by atoms with Crippen LogP contribution in [0.1, 0.15) is 29.7 Å². The van der Waals surface area contributed by atoms with E-state index in [-0.39, 0.29) is 5.56 Å². The van der Waals surface area contributed by atoms with Crippen LogP contribution < -0.4 is 5.56 Å². The molecule has 2 aromatic rings. The highest BCUT2D eigenvalue weighted by atomic mass is 16.3. The van der Waals surface area contributed by atoms with Crippen molar-refractivity contribution < 1.29 is 5.11 Å². The number of hydrogen-bond acceptors (Lipinski definition) is 2. The molecule has 0 saturated heterocycles. The van der Waals surface area contributed by atoms with E-state index in [4.69, 9.17) is 0 Å². The Balaban J connectivity index is 2.89. The molecule has 84 valence electrons. The fourth-order valence-electron chi connectivity index (χ4n) is 1.90. The van der Waals surface area contributed by atoms with Gasteiger partial charge in [-0.2, -0.15) is 0 Å². The van der Waals surface area contributed by atoms with Gasteiger partial charge in [0.15, 0.2) is 0 Å². The van der Waals surface area contributed by atoms with Gasteiger partial charge in [-0.15, -0.1) is 0 Å². The highest BCUT2D eigenvalue weighted by molar-refractivity contribution is 5.85. The third kappa shape index (κ3) is 1.63. The highest BCUT2D eigenvalue weighted by Crippen LogP contribution is 2.21. The third-order valence-electron chi connectivity index (χ3n) is 2.92. The summed E-state index contributed by atoms with van der Waals surface area (Å²) < 4.78 is 0. The molecule has 1 aromatic carbocycles. The number of aliphatic hydroxyl groups excluding tert-OH is 1. The SMILES string of the molecule is Cc1ccc(C)c2[nH]c(=O)c(C(C)O)cc12. The molecule has 0 fully saturated rings. The molecule has 0 aliphatic rings. The maximum Gasteiger partial charge on any atom is 0.254 e. The molecule has 0 amide bonds. The van der Waals surface area contributed by atoms with Gasteiger partial charge in [0.1, 0.15) is 0 Å². The monoisotopic (exact) mass is 217 g/mol. The molecule has 1 unspecified atom stereocenters. The van der Waals surface area contributed by atoms with Crippen molar-refractivity contribution in [3.05, 3.63) is 45.2 Å². The predicted molar refractivity (Wildman–Crippen MR) is 64.7 cm³/mol. The number of aromatic nitrogens is 1. The number of H-pyrrole nitrogens is 1. The summed E-state index contributed by atoms with van der Waals surface area (Å²) in [5, 5.41) is 10.5. The Morgan fingerprint density at radius 3 is 2.50 bits per heavy atom. The topological polar surface area (TPSA) is 53.1 Å². The van der Waals surface area contributed by atoms with E-state index in [2.05, 4.69) is 4.98 Å². The maximum absolute atomic E-state index is 11.7. The fourth-order valence-corrected chi connectivity index (χ4v) is 1.90. The molecule has 1 aromatic heterocycles. The first kappa shape index (κ1) is 10.9. The van der Waals surface area contributed by atoms with Gasteiger partial charge in [0, 0.05) is 10.9 Å². The van der Waals surface area contributed by atoms with E-state index in [0.29, 0.717) is 5.56 Å². The average Bonchev–Trinajstić information content (AvgIpc) is 2.23. The zero-order valence-electron chi connectivity index (χ0n) is 9.66. The van der Waals surface area contributed by atoms with Crippen LogP contribution in [0.2, 0.25) is 0 Å². The van der Waals surface area contributed by atoms with Crippen molar-refractivity contribution in [1.82, 2.24) is 4.98 Å². The lowest BCUT2D eigenvalue weighted by atomic mass is 10.0. The molecule has 1 heterocycles. The van der Waals surface area contributed by atoms with E-state index in [1.807, 2.05) is 26.0 Å². The molecule has 1 atom stereocenters. The fraction of sp³-hybridized carbons (Fsp3) is 0.308. The summed E-state index contributed by atoms with van der Waals surface area (Å²) in [5.41, 5.74) is 3.19. The zero-order chi connectivity index (χ0) is 11.9. The summed E-state index contributed by atoms with van der Waals surface area (Å²) in [6, 6.07) is 5.78. The highest BCUT2D eigenvalue weighted by Gasteiger charge is 2.10. The summed E-state index contributed by atoms with van der Waals surface area (Å²) >= 11 is 0. The first-order valence-electron chi connectivity index (χ1n) is 5.32. The smallest absolute Gasteiger partial charge is 0.254 e. The molecule has 3 heteroatoms. The van der Waals surface area contributed by atoms with Crippen molar-refractivity contribution >= 4 is 10.9 Å². The molecule has 0 spiro atoms. The van der Waals surface area contributed by atoms with Crippen LogP contribution in [0.15, 0.2) is 23.0 Å². The summed E-state index contributed by atoms with van der Waals surface area (Å²) in [7, 11) is 0. The molecular formula is C13H15NO2. The van der Waals surface area contributed by atoms with Gasteiger partial charge in [0.05, 0.1) is 11.6 Å². The van der Waals surface area contributed by atoms with Crippen molar-refractivity contribution in [3.63, 3.8) is 0 Å². The Morgan fingerprint density at radius 2 is 1.88 bits per heavy atom. The van der Waals surface area contributed by atoms with Crippen molar-refractivity contribution in [2.75, 3.05) is 0 Å². The Hall–Kier alpha value is -1.61. The zero-order valence-corrected chi connectivity index (χ0v) is 9.66. The molecular weight excluding hydrogens is 202 g/mol. The molecule has 0 aliphatic carbocycles. The minimum Gasteiger partial charge on any atom is -0.388 e. The number of nitrogens with one attached hydrogen (secondary N) is 1. The lowest BCUT2D eigenvalue weighted by Crippen LogP contribution is -2.15. The molecule has 0 radical (unpaired) electrons. The van der Waals surface area contributed by atoms with Crippen molar-refractivity contribution in [1.29, 1.82) is 0 Å². The predicted octanol–water partition coefficient (Wildman–Crippen LogP) is 2.20. The minimum atomic E-state index is -0.743. The first-order valence-corrected chi connectivity index (χ1v) is 5.32. The number of aromatic amines is 1. The number of aryl methyl sites for hydroxylation is 2. The molecule has 0 bridgehead atoms. The van der Waals surface area contributed by atoms with Gasteiger partial charge < -0.3 is 10.1 Å². The molecule has 16 heavy (non-hydrogen) atoms. The van der Waals surface area contributed by atoms with Crippen molar-refractivity contribution in [2.24, 2.45) is 0 Å². The van der Waals surface area contributed by atoms with E-state index in [1.165, 1.54) is 0 Å². The number of hydrogen-bond donors (Lipinski definition) is 2. The van der Waals surface area contributed by atoms with Crippen LogP contribution in [-0.4, -0.2) is 10.1 Å². The molecule has 2 N–H and O–H groups in total. The van der Waals surface area contributed by atoms with Crippen LogP contribution >= 0.6 is 0 Å². The second-order valence-electron chi connectivity index (χ2n) is 4.22. The van der Waals surface area contributed by atoms with Crippen LogP contribution in [0.3, 0.4) is 0 Å². The largest absolute Gasteiger partial charge is 0.388 e. The summed E-state index contributed by atoms with van der Waals surface area (Å²) in [4.78, 5) is 14.6. The summed E-state index contributed by atoms with van der Waals surface area (Å²) in [6.45, 7) is 5.55. The summed E-state index contributed by atoms with van der Waals surface area (Å²) in [6.07, 6.45) is -0.743. The minimum absolute atomic E-state index is 0.212. The normalized spacial score (nSPS) is 13.0. The van der Waals surface area contributed by atoms with Crippen molar-refractivity contribution in [2.45, 2.75) is 26.9 Å². The molecule has 2 rings (SSSR count). The first-order chi connectivity index (χ1) is 7.50. The number of aliphatic hydroxyl groups is 1. The van der Waals surface area contributed by atoms with Gasteiger partial charge in [-0.3, -0.25) is 4.79 Å². The van der Waals surface area contributed by atoms with Crippen molar-refractivity contribution in [3.8, 4) is 0 Å². The molecule has 0 saturated carbocycles. The lowest BCUT2D eigenvalue weighted by molar-refractivity contribution is 0.198. The van der Waals surface area contributed by atoms with E-state index >= 15 is 0 Å². The second kappa shape index (κ2) is 3.76. The van der Waals surface area contributed by atoms with Gasteiger partial charge in [-0.1, -0.05) is 12.1 Å². The average molecular weight is 217 g/mol. The van der Waals surface area contributed by atoms with Gasteiger partial charge >= 0.3 is 0 Å². The van der Waals surface area contributed by atoms with E-state index < -0.39 is 6.10 Å². The van der Waals surface area contributed by atoms with Crippen LogP contribution in [0.25, 0.3) is 10.9 Å². The van der Waals surface area contributed by atoms with Crippen LogP contribution in [0.4, 0.5) is 0 Å². The quantitative estimate of drug-likeness (QED) is 0.769. The Kier molecular flexibility index (Phi) is 2.56. The van der Waals surface area contributed by atoms with Crippen LogP contribution in [0, 0.1) is 13.8 Å². The lowest BCUT2D eigenvalue weighted by Gasteiger charge is -2.09. The Bertz CT molecular complexity index is 597. The van der Waals surface area contributed by atoms with Gasteiger partial charge in [0.25, 0.3) is 5.56 Å². The molecule has 0 aliphatic heterocycles. The third-order valence-corrected chi connectivity index (χ3v) is 2.92. The molecule has 3 nitrogen and oxygen atoms in total. The maximum atomic E-state index is 11.7. The van der Waals surface area contributed by atoms with E-state index in [0.717, 1.165) is 22.0 Å². The second-order valence-corrected chi connectivity index (χ2v) is 4.22. The summed E-state index contributed by atoms with van der Waals surface area (Å²) in [5.74, 6) is 0. The van der Waals surface area contributed by atoms with E-state index in [1.54, 1.807) is 13.0 Å². The van der Waals surface area contributed by atoms with Gasteiger partial charge in [-0.05, 0) is 38.0 Å². The Morgan fingerprint density at radius 1 is 1.25 bits per heavy atom. The van der Waals surface area contributed by atoms with E-state index in [9.17, 15) is 9.90 Å². The number of benzene rings is 1. The van der Waals surface area contributed by atoms with Gasteiger partial charge in [-0.25, -0.2) is 0 Å². The van der Waals surface area contributed by atoms with Crippen LogP contribution in [0.5, 0.6) is 0 Å². The Labute approximate surface area is 93.7 Å². The number of rotatable bonds is 1. The van der Waals surface area contributed by atoms with Crippen LogP contribution in [-0.2, 0) is 0 Å².